The van der Waals surface area contributed by atoms with Gasteiger partial charge in [0.25, 0.3) is 0 Å². The average Bonchev–Trinajstić information content (AvgIpc) is 2.60. The lowest BCUT2D eigenvalue weighted by Crippen LogP contribution is -2.42. The zero-order valence-corrected chi connectivity index (χ0v) is 15.0. The van der Waals surface area contributed by atoms with Crippen LogP contribution in [0.3, 0.4) is 0 Å². The van der Waals surface area contributed by atoms with Crippen LogP contribution in [-0.2, 0) is 4.79 Å². The van der Waals surface area contributed by atoms with Gasteiger partial charge in [-0.05, 0) is 43.8 Å². The summed E-state index contributed by atoms with van der Waals surface area (Å²) in [5.74, 6) is 1.14. The second-order valence-electron chi connectivity index (χ2n) is 7.00. The summed E-state index contributed by atoms with van der Waals surface area (Å²) in [5, 5.41) is 0. The first-order valence-electron chi connectivity index (χ1n) is 9.14. The molecule has 128 valence electrons. The molecule has 0 aliphatic carbocycles. The summed E-state index contributed by atoms with van der Waals surface area (Å²) in [6.07, 6.45) is 4.27. The first-order valence-corrected chi connectivity index (χ1v) is 9.14. The minimum atomic E-state index is 0.236. The van der Waals surface area contributed by atoms with Crippen molar-refractivity contribution in [2.24, 2.45) is 5.92 Å². The van der Waals surface area contributed by atoms with Gasteiger partial charge in [0.15, 0.2) is 0 Å². The summed E-state index contributed by atoms with van der Waals surface area (Å²) >= 11 is 0. The van der Waals surface area contributed by atoms with Crippen LogP contribution >= 0.6 is 0 Å². The maximum atomic E-state index is 12.5. The summed E-state index contributed by atoms with van der Waals surface area (Å²) in [4.78, 5) is 16.9. The van der Waals surface area contributed by atoms with E-state index in [0.717, 1.165) is 51.9 Å². The van der Waals surface area contributed by atoms with Crippen molar-refractivity contribution in [3.63, 3.8) is 0 Å². The number of benzene rings is 1. The summed E-state index contributed by atoms with van der Waals surface area (Å²) in [6.45, 7) is 8.57. The standard InChI is InChI=1S/C20H32N2O/c1-4-5-13-21(3)20(23)19-11-14-22(15-12-19)16-17(2)18-9-7-6-8-10-18/h6-10,17,19H,4-5,11-16H2,1-3H3/t17-/m1/s1. The highest BCUT2D eigenvalue weighted by Crippen LogP contribution is 2.23. The van der Waals surface area contributed by atoms with Crippen molar-refractivity contribution in [3.8, 4) is 0 Å². The topological polar surface area (TPSA) is 23.6 Å². The predicted octanol–water partition coefficient (Wildman–Crippen LogP) is 3.76. The number of unbranched alkanes of at least 4 members (excludes halogenated alkanes) is 1. The van der Waals surface area contributed by atoms with Gasteiger partial charge in [0.05, 0.1) is 0 Å². The summed E-state index contributed by atoms with van der Waals surface area (Å²) in [7, 11) is 1.96. The Balaban J connectivity index is 1.76. The van der Waals surface area contributed by atoms with E-state index in [2.05, 4.69) is 49.1 Å². The van der Waals surface area contributed by atoms with E-state index >= 15 is 0 Å². The van der Waals surface area contributed by atoms with Crippen LogP contribution in [0.4, 0.5) is 0 Å². The molecular weight excluding hydrogens is 284 g/mol. The molecule has 1 saturated heterocycles. The molecule has 0 radical (unpaired) electrons. The molecule has 0 saturated carbocycles. The number of likely N-dealkylation sites (tertiary alicyclic amines) is 1. The highest BCUT2D eigenvalue weighted by atomic mass is 16.2. The maximum absolute atomic E-state index is 12.5. The SMILES string of the molecule is CCCCN(C)C(=O)C1CCN(C[C@@H](C)c2ccccc2)CC1. The molecule has 0 unspecified atom stereocenters. The number of nitrogens with zero attached hydrogens (tertiary/aromatic N) is 2. The Labute approximate surface area is 141 Å². The smallest absolute Gasteiger partial charge is 0.225 e. The molecular formula is C20H32N2O. The number of carbonyl (C=O) groups excluding carboxylic acids is 1. The zero-order chi connectivity index (χ0) is 16.7. The molecule has 0 bridgehead atoms. The number of carbonyl (C=O) groups is 1. The van der Waals surface area contributed by atoms with Crippen LogP contribution in [0.15, 0.2) is 30.3 Å². The molecule has 3 heteroatoms. The van der Waals surface area contributed by atoms with E-state index in [-0.39, 0.29) is 5.92 Å². The summed E-state index contributed by atoms with van der Waals surface area (Å²) < 4.78 is 0. The van der Waals surface area contributed by atoms with E-state index in [0.29, 0.717) is 11.8 Å². The Morgan fingerprint density at radius 1 is 1.26 bits per heavy atom. The fourth-order valence-corrected chi connectivity index (χ4v) is 3.45. The van der Waals surface area contributed by atoms with Crippen molar-refractivity contribution in [1.29, 1.82) is 0 Å². The maximum Gasteiger partial charge on any atom is 0.225 e. The van der Waals surface area contributed by atoms with E-state index in [9.17, 15) is 4.79 Å². The second kappa shape index (κ2) is 9.07. The van der Waals surface area contributed by atoms with E-state index in [1.165, 1.54) is 5.56 Å². The largest absolute Gasteiger partial charge is 0.346 e. The van der Waals surface area contributed by atoms with Gasteiger partial charge in [-0.2, -0.15) is 0 Å². The molecule has 1 atom stereocenters. The van der Waals surface area contributed by atoms with Crippen molar-refractivity contribution in [2.45, 2.75) is 45.4 Å². The third-order valence-electron chi connectivity index (χ3n) is 5.06. The van der Waals surface area contributed by atoms with Crippen LogP contribution < -0.4 is 0 Å². The van der Waals surface area contributed by atoms with Crippen LogP contribution in [0.1, 0.15) is 51.0 Å². The quantitative estimate of drug-likeness (QED) is 0.764. The van der Waals surface area contributed by atoms with Gasteiger partial charge in [-0.15, -0.1) is 0 Å². The molecule has 1 aromatic rings. The average molecular weight is 316 g/mol. The van der Waals surface area contributed by atoms with Crippen LogP contribution in [-0.4, -0.2) is 48.9 Å². The third-order valence-corrected chi connectivity index (χ3v) is 5.06. The van der Waals surface area contributed by atoms with E-state index in [1.54, 1.807) is 0 Å². The van der Waals surface area contributed by atoms with Gasteiger partial charge in [-0.3, -0.25) is 4.79 Å². The van der Waals surface area contributed by atoms with Crippen LogP contribution in [0.25, 0.3) is 0 Å². The van der Waals surface area contributed by atoms with Crippen molar-refractivity contribution < 1.29 is 4.79 Å². The number of hydrogen-bond donors (Lipinski definition) is 0. The number of amides is 1. The fourth-order valence-electron chi connectivity index (χ4n) is 3.45. The van der Waals surface area contributed by atoms with E-state index in [4.69, 9.17) is 0 Å². The van der Waals surface area contributed by atoms with Gasteiger partial charge in [0, 0.05) is 26.1 Å². The fraction of sp³-hybridized carbons (Fsp3) is 0.650. The van der Waals surface area contributed by atoms with Crippen molar-refractivity contribution in [2.75, 3.05) is 33.2 Å². The molecule has 3 nitrogen and oxygen atoms in total. The normalized spacial score (nSPS) is 17.9. The lowest BCUT2D eigenvalue weighted by atomic mass is 9.93. The number of piperidine rings is 1. The van der Waals surface area contributed by atoms with Crippen molar-refractivity contribution in [1.82, 2.24) is 9.80 Å². The Hall–Kier alpha value is -1.35. The zero-order valence-electron chi connectivity index (χ0n) is 15.0. The van der Waals surface area contributed by atoms with Gasteiger partial charge in [0.2, 0.25) is 5.91 Å². The minimum Gasteiger partial charge on any atom is -0.346 e. The van der Waals surface area contributed by atoms with Gasteiger partial charge in [0.1, 0.15) is 0 Å². The molecule has 0 spiro atoms. The number of hydrogen-bond acceptors (Lipinski definition) is 2. The van der Waals surface area contributed by atoms with Crippen LogP contribution in [0.5, 0.6) is 0 Å². The summed E-state index contributed by atoms with van der Waals surface area (Å²) in [6, 6.07) is 10.7. The van der Waals surface area contributed by atoms with Gasteiger partial charge >= 0.3 is 0 Å². The second-order valence-corrected chi connectivity index (χ2v) is 7.00. The molecule has 1 amide bonds. The molecule has 0 N–H and O–H groups in total. The summed E-state index contributed by atoms with van der Waals surface area (Å²) in [5.41, 5.74) is 1.41. The molecule has 1 aromatic carbocycles. The third kappa shape index (κ3) is 5.35. The van der Waals surface area contributed by atoms with Crippen LogP contribution in [0.2, 0.25) is 0 Å². The highest BCUT2D eigenvalue weighted by molar-refractivity contribution is 5.78. The first-order chi connectivity index (χ1) is 11.1. The lowest BCUT2D eigenvalue weighted by molar-refractivity contribution is -0.135. The van der Waals surface area contributed by atoms with Crippen LogP contribution in [0, 0.1) is 5.92 Å². The van der Waals surface area contributed by atoms with Gasteiger partial charge in [-0.25, -0.2) is 0 Å². The predicted molar refractivity (Wildman–Crippen MR) is 96.6 cm³/mol. The van der Waals surface area contributed by atoms with Crippen molar-refractivity contribution in [3.05, 3.63) is 35.9 Å². The molecule has 23 heavy (non-hydrogen) atoms. The van der Waals surface area contributed by atoms with Crippen molar-refractivity contribution >= 4 is 5.91 Å². The van der Waals surface area contributed by atoms with Gasteiger partial charge in [-0.1, -0.05) is 50.6 Å². The van der Waals surface area contributed by atoms with E-state index in [1.807, 2.05) is 11.9 Å². The molecule has 1 aliphatic heterocycles. The van der Waals surface area contributed by atoms with E-state index < -0.39 is 0 Å². The molecule has 1 fully saturated rings. The first kappa shape index (κ1) is 18.0. The van der Waals surface area contributed by atoms with Gasteiger partial charge < -0.3 is 9.80 Å². The molecule has 1 heterocycles. The molecule has 2 rings (SSSR count). The minimum absolute atomic E-state index is 0.236. The Morgan fingerprint density at radius 2 is 1.91 bits per heavy atom. The molecule has 1 aliphatic rings. The highest BCUT2D eigenvalue weighted by Gasteiger charge is 2.27. The Bertz CT molecular complexity index is 466. The Kier molecular flexibility index (Phi) is 7.10. The monoisotopic (exact) mass is 316 g/mol. The molecule has 0 aromatic heterocycles. The Morgan fingerprint density at radius 3 is 2.52 bits per heavy atom. The number of rotatable bonds is 7. The lowest BCUT2D eigenvalue weighted by Gasteiger charge is -2.34.